The van der Waals surface area contributed by atoms with Crippen LogP contribution in [0.2, 0.25) is 0 Å². The lowest BCUT2D eigenvalue weighted by Crippen LogP contribution is -2.50. The summed E-state index contributed by atoms with van der Waals surface area (Å²) < 4.78 is 32.5. The molecule has 0 spiro atoms. The van der Waals surface area contributed by atoms with Crippen molar-refractivity contribution in [3.8, 4) is 0 Å². The van der Waals surface area contributed by atoms with Gasteiger partial charge >= 0.3 is 6.09 Å². The number of fused-ring (bicyclic) bond motifs is 1. The fourth-order valence-corrected chi connectivity index (χ4v) is 5.39. The van der Waals surface area contributed by atoms with Crippen molar-refractivity contribution in [2.75, 3.05) is 29.5 Å². The second kappa shape index (κ2) is 6.99. The zero-order valence-corrected chi connectivity index (χ0v) is 16.1. The Bertz CT molecular complexity index is 1020. The molecule has 2 heterocycles. The number of cyclic esters (lactones) is 1. The molecule has 0 aromatic heterocycles. The minimum Gasteiger partial charge on any atom is -0.444 e. The summed E-state index contributed by atoms with van der Waals surface area (Å²) in [4.78, 5) is 14.2. The molecular weight excluding hydrogens is 380 g/mol. The molecule has 2 aromatic rings. The van der Waals surface area contributed by atoms with Crippen LogP contribution in [0.15, 0.2) is 47.4 Å². The van der Waals surface area contributed by atoms with Crippen LogP contribution in [0.3, 0.4) is 0 Å². The summed E-state index contributed by atoms with van der Waals surface area (Å²) in [5.41, 5.74) is 14.2. The van der Waals surface area contributed by atoms with Crippen LogP contribution in [0.1, 0.15) is 18.4 Å². The number of amides is 1. The SMILES string of the molecule is Nc1ccc2c(c1)COC(=O)N2C1CCN(S(=O)(=O)c2ccccc2N)CC1. The van der Waals surface area contributed by atoms with E-state index in [2.05, 4.69) is 0 Å². The van der Waals surface area contributed by atoms with Gasteiger partial charge in [-0.3, -0.25) is 4.90 Å². The highest BCUT2D eigenvalue weighted by Crippen LogP contribution is 2.34. The molecule has 0 bridgehead atoms. The number of nitrogens with zero attached hydrogens (tertiary/aromatic N) is 2. The Morgan fingerprint density at radius 3 is 2.46 bits per heavy atom. The Balaban J connectivity index is 1.54. The van der Waals surface area contributed by atoms with Gasteiger partial charge in [0.05, 0.1) is 11.4 Å². The van der Waals surface area contributed by atoms with E-state index in [0.29, 0.717) is 31.6 Å². The number of ether oxygens (including phenoxy) is 1. The summed E-state index contributed by atoms with van der Waals surface area (Å²) in [6.45, 7) is 0.793. The standard InChI is InChI=1S/C19H22N4O4S/c20-14-5-6-17-13(11-14)12-27-19(24)23(17)15-7-9-22(10-8-15)28(25,26)18-4-2-1-3-16(18)21/h1-6,11,15H,7-10,12,20-21H2. The molecule has 2 aliphatic rings. The Labute approximate surface area is 163 Å². The number of hydrogen-bond acceptors (Lipinski definition) is 6. The highest BCUT2D eigenvalue weighted by atomic mass is 32.2. The Morgan fingerprint density at radius 2 is 1.75 bits per heavy atom. The smallest absolute Gasteiger partial charge is 0.414 e. The van der Waals surface area contributed by atoms with Crippen LogP contribution in [-0.2, 0) is 21.4 Å². The predicted octanol–water partition coefficient (Wildman–Crippen LogP) is 2.16. The molecule has 0 atom stereocenters. The number of nitrogens with two attached hydrogens (primary N) is 2. The van der Waals surface area contributed by atoms with Crippen LogP contribution in [0.5, 0.6) is 0 Å². The zero-order chi connectivity index (χ0) is 19.9. The van der Waals surface area contributed by atoms with E-state index in [0.717, 1.165) is 11.3 Å². The molecule has 0 radical (unpaired) electrons. The van der Waals surface area contributed by atoms with Gasteiger partial charge in [0.25, 0.3) is 0 Å². The number of carbonyl (C=O) groups is 1. The Morgan fingerprint density at radius 1 is 1.04 bits per heavy atom. The van der Waals surface area contributed by atoms with E-state index in [1.54, 1.807) is 35.2 Å². The van der Waals surface area contributed by atoms with Crippen molar-refractivity contribution >= 4 is 33.2 Å². The number of carbonyl (C=O) groups excluding carboxylic acids is 1. The van der Waals surface area contributed by atoms with E-state index in [-0.39, 0.29) is 23.2 Å². The van der Waals surface area contributed by atoms with Crippen LogP contribution in [0.25, 0.3) is 0 Å². The van der Waals surface area contributed by atoms with Crippen LogP contribution in [0, 0.1) is 0 Å². The third-order valence-electron chi connectivity index (χ3n) is 5.24. The monoisotopic (exact) mass is 402 g/mol. The molecule has 0 saturated carbocycles. The molecule has 4 rings (SSSR count). The van der Waals surface area contributed by atoms with E-state index in [9.17, 15) is 13.2 Å². The van der Waals surface area contributed by atoms with Gasteiger partial charge in [0, 0.05) is 30.4 Å². The van der Waals surface area contributed by atoms with Gasteiger partial charge in [-0.15, -0.1) is 0 Å². The lowest BCUT2D eigenvalue weighted by atomic mass is 10.0. The number of hydrogen-bond donors (Lipinski definition) is 2. The summed E-state index contributed by atoms with van der Waals surface area (Å²) in [5, 5.41) is 0. The van der Waals surface area contributed by atoms with Gasteiger partial charge in [0.2, 0.25) is 10.0 Å². The third kappa shape index (κ3) is 3.16. The molecule has 2 aromatic carbocycles. The van der Waals surface area contributed by atoms with Gasteiger partial charge < -0.3 is 16.2 Å². The van der Waals surface area contributed by atoms with Gasteiger partial charge in [-0.05, 0) is 43.2 Å². The van der Waals surface area contributed by atoms with Gasteiger partial charge in [0.1, 0.15) is 11.5 Å². The molecule has 8 nitrogen and oxygen atoms in total. The number of para-hydroxylation sites is 1. The molecule has 1 fully saturated rings. The minimum atomic E-state index is -3.67. The lowest BCUT2D eigenvalue weighted by molar-refractivity contribution is 0.136. The molecule has 4 N–H and O–H groups in total. The zero-order valence-electron chi connectivity index (χ0n) is 15.2. The van der Waals surface area contributed by atoms with Crippen LogP contribution in [-0.4, -0.2) is 37.9 Å². The third-order valence-corrected chi connectivity index (χ3v) is 7.21. The van der Waals surface area contributed by atoms with Crippen LogP contribution in [0.4, 0.5) is 21.9 Å². The first-order chi connectivity index (χ1) is 13.4. The largest absolute Gasteiger partial charge is 0.444 e. The molecule has 0 aliphatic carbocycles. The Hall–Kier alpha value is -2.78. The topological polar surface area (TPSA) is 119 Å². The van der Waals surface area contributed by atoms with Crippen molar-refractivity contribution in [3.05, 3.63) is 48.0 Å². The highest BCUT2D eigenvalue weighted by Gasteiger charge is 2.37. The lowest BCUT2D eigenvalue weighted by Gasteiger charge is -2.39. The summed E-state index contributed by atoms with van der Waals surface area (Å²) in [6.07, 6.45) is 0.598. The molecule has 1 amide bonds. The maximum atomic E-state index is 12.9. The Kier molecular flexibility index (Phi) is 4.64. The van der Waals surface area contributed by atoms with E-state index in [1.807, 2.05) is 6.07 Å². The van der Waals surface area contributed by atoms with Gasteiger partial charge in [-0.1, -0.05) is 12.1 Å². The summed E-state index contributed by atoms with van der Waals surface area (Å²) in [5.74, 6) is 0. The first-order valence-electron chi connectivity index (χ1n) is 9.07. The van der Waals surface area contributed by atoms with Gasteiger partial charge in [-0.25, -0.2) is 13.2 Å². The van der Waals surface area contributed by atoms with E-state index in [1.165, 1.54) is 10.4 Å². The molecule has 0 unspecified atom stereocenters. The average Bonchev–Trinajstić information content (AvgIpc) is 2.68. The van der Waals surface area contributed by atoms with Crippen LogP contribution >= 0.6 is 0 Å². The molecule has 1 saturated heterocycles. The average molecular weight is 402 g/mol. The molecule has 2 aliphatic heterocycles. The predicted molar refractivity (Wildman–Crippen MR) is 106 cm³/mol. The fraction of sp³-hybridized carbons (Fsp3) is 0.316. The van der Waals surface area contributed by atoms with Crippen LogP contribution < -0.4 is 16.4 Å². The number of piperidine rings is 1. The van der Waals surface area contributed by atoms with Crippen molar-refractivity contribution in [2.24, 2.45) is 0 Å². The number of benzene rings is 2. The number of rotatable bonds is 3. The molecule has 9 heteroatoms. The first-order valence-corrected chi connectivity index (χ1v) is 10.5. The van der Waals surface area contributed by atoms with Crippen molar-refractivity contribution in [3.63, 3.8) is 0 Å². The molecule has 148 valence electrons. The molecular formula is C19H22N4O4S. The highest BCUT2D eigenvalue weighted by molar-refractivity contribution is 7.89. The summed E-state index contributed by atoms with van der Waals surface area (Å²) in [6, 6.07) is 11.7. The number of nitrogen functional groups attached to an aromatic ring is 2. The van der Waals surface area contributed by atoms with E-state index >= 15 is 0 Å². The molecule has 28 heavy (non-hydrogen) atoms. The maximum Gasteiger partial charge on any atom is 0.414 e. The van der Waals surface area contributed by atoms with Crippen molar-refractivity contribution < 1.29 is 17.9 Å². The number of sulfonamides is 1. The van der Waals surface area contributed by atoms with Gasteiger partial charge in [-0.2, -0.15) is 4.31 Å². The first kappa shape index (κ1) is 18.6. The van der Waals surface area contributed by atoms with E-state index < -0.39 is 16.1 Å². The maximum absolute atomic E-state index is 12.9. The minimum absolute atomic E-state index is 0.117. The second-order valence-corrected chi connectivity index (χ2v) is 8.89. The summed E-state index contributed by atoms with van der Waals surface area (Å²) in [7, 11) is -3.67. The quantitative estimate of drug-likeness (QED) is 0.760. The van der Waals surface area contributed by atoms with Gasteiger partial charge in [0.15, 0.2) is 0 Å². The number of anilines is 3. The fourth-order valence-electron chi connectivity index (χ4n) is 3.80. The second-order valence-electron chi connectivity index (χ2n) is 6.99. The van der Waals surface area contributed by atoms with Crippen molar-refractivity contribution in [1.29, 1.82) is 0 Å². The van der Waals surface area contributed by atoms with Crippen molar-refractivity contribution in [2.45, 2.75) is 30.4 Å². The van der Waals surface area contributed by atoms with E-state index in [4.69, 9.17) is 16.2 Å². The van der Waals surface area contributed by atoms with Crippen molar-refractivity contribution in [1.82, 2.24) is 4.31 Å². The normalized spacial score (nSPS) is 18.6. The summed E-state index contributed by atoms with van der Waals surface area (Å²) >= 11 is 0.